The summed E-state index contributed by atoms with van der Waals surface area (Å²) in [5, 5.41) is 0. The molecule has 0 N–H and O–H groups in total. The number of aromatic nitrogens is 2. The smallest absolute Gasteiger partial charge is 0.227 e. The Bertz CT molecular complexity index is 714. The van der Waals surface area contributed by atoms with Crippen molar-refractivity contribution in [2.75, 3.05) is 26.3 Å². The number of imidazole rings is 1. The second-order valence-corrected chi connectivity index (χ2v) is 6.30. The maximum atomic E-state index is 12.7. The highest BCUT2D eigenvalue weighted by Gasteiger charge is 2.24. The third-order valence-corrected chi connectivity index (χ3v) is 4.66. The van der Waals surface area contributed by atoms with Gasteiger partial charge in [-0.2, -0.15) is 0 Å². The number of ether oxygens (including phenoxy) is 2. The molecule has 6 nitrogen and oxygen atoms in total. The van der Waals surface area contributed by atoms with Gasteiger partial charge in [-0.1, -0.05) is 6.07 Å². The first kappa shape index (κ1) is 15.1. The molecule has 1 atom stereocenters. The fourth-order valence-electron chi connectivity index (χ4n) is 3.39. The second kappa shape index (κ2) is 6.55. The number of hydrogen-bond acceptors (Lipinski definition) is 4. The number of nitrogens with zero attached hydrogens (tertiary/aromatic N) is 3. The lowest BCUT2D eigenvalue weighted by molar-refractivity contribution is -0.132. The third kappa shape index (κ3) is 3.09. The van der Waals surface area contributed by atoms with Gasteiger partial charge in [-0.15, -0.1) is 0 Å². The fourth-order valence-corrected chi connectivity index (χ4v) is 3.39. The maximum Gasteiger partial charge on any atom is 0.227 e. The first-order chi connectivity index (χ1) is 11.8. The van der Waals surface area contributed by atoms with E-state index in [0.717, 1.165) is 43.0 Å². The van der Waals surface area contributed by atoms with Gasteiger partial charge >= 0.3 is 0 Å². The highest BCUT2D eigenvalue weighted by molar-refractivity contribution is 5.79. The van der Waals surface area contributed by atoms with E-state index in [0.29, 0.717) is 25.7 Å². The molecule has 0 radical (unpaired) electrons. The zero-order chi connectivity index (χ0) is 16.4. The van der Waals surface area contributed by atoms with Crippen LogP contribution in [0.4, 0.5) is 0 Å². The van der Waals surface area contributed by atoms with Crippen molar-refractivity contribution in [3.63, 3.8) is 0 Å². The second-order valence-electron chi connectivity index (χ2n) is 6.30. The number of fused-ring (bicyclic) bond motifs is 1. The topological polar surface area (TPSA) is 56.6 Å². The Kier molecular flexibility index (Phi) is 4.11. The molecule has 0 spiro atoms. The average molecular weight is 327 g/mol. The number of carbonyl (C=O) groups is 1. The van der Waals surface area contributed by atoms with Crippen LogP contribution in [0.2, 0.25) is 0 Å². The molecule has 1 saturated heterocycles. The molecule has 4 rings (SSSR count). The predicted octanol–water partition coefficient (Wildman–Crippen LogP) is 2.06. The van der Waals surface area contributed by atoms with E-state index >= 15 is 0 Å². The molecule has 6 heteroatoms. The van der Waals surface area contributed by atoms with Crippen molar-refractivity contribution in [2.45, 2.75) is 25.3 Å². The molecule has 0 unspecified atom stereocenters. The van der Waals surface area contributed by atoms with Crippen LogP contribution in [-0.2, 0) is 11.2 Å². The minimum atomic E-state index is 0.163. The number of rotatable bonds is 3. The lowest BCUT2D eigenvalue weighted by atomic mass is 10.0. The summed E-state index contributed by atoms with van der Waals surface area (Å²) in [4.78, 5) is 18.8. The maximum absolute atomic E-state index is 12.7. The molecule has 0 saturated carbocycles. The predicted molar refractivity (Wildman–Crippen MR) is 88.2 cm³/mol. The Hall–Kier alpha value is -2.50. The zero-order valence-electron chi connectivity index (χ0n) is 13.6. The highest BCUT2D eigenvalue weighted by atomic mass is 16.6. The van der Waals surface area contributed by atoms with E-state index in [1.54, 1.807) is 6.20 Å². The molecule has 1 aromatic carbocycles. The van der Waals surface area contributed by atoms with Crippen LogP contribution in [0.5, 0.6) is 11.5 Å². The number of amides is 1. The molecule has 2 aliphatic heterocycles. The van der Waals surface area contributed by atoms with Crippen molar-refractivity contribution in [2.24, 2.45) is 0 Å². The van der Waals surface area contributed by atoms with Gasteiger partial charge < -0.3 is 18.9 Å². The molecule has 1 fully saturated rings. The minimum Gasteiger partial charge on any atom is -0.486 e. The normalized spacial score (nSPS) is 20.0. The van der Waals surface area contributed by atoms with Crippen LogP contribution < -0.4 is 9.47 Å². The van der Waals surface area contributed by atoms with Crippen molar-refractivity contribution in [1.82, 2.24) is 14.5 Å². The van der Waals surface area contributed by atoms with Crippen LogP contribution in [0.1, 0.15) is 24.4 Å². The van der Waals surface area contributed by atoms with Crippen molar-refractivity contribution in [1.29, 1.82) is 0 Å². The Labute approximate surface area is 141 Å². The van der Waals surface area contributed by atoms with Gasteiger partial charge in [-0.05, 0) is 30.5 Å². The summed E-state index contributed by atoms with van der Waals surface area (Å²) in [5.74, 6) is 1.66. The molecule has 2 aliphatic rings. The first-order valence-corrected chi connectivity index (χ1v) is 8.43. The summed E-state index contributed by atoms with van der Waals surface area (Å²) in [6, 6.07) is 6.08. The Morgan fingerprint density at radius 3 is 2.96 bits per heavy atom. The van der Waals surface area contributed by atoms with E-state index in [9.17, 15) is 4.79 Å². The van der Waals surface area contributed by atoms with E-state index in [1.165, 1.54) is 0 Å². The summed E-state index contributed by atoms with van der Waals surface area (Å²) in [7, 11) is 0. The Morgan fingerprint density at radius 2 is 2.12 bits per heavy atom. The molecule has 3 heterocycles. The molecular weight excluding hydrogens is 306 g/mol. The molecule has 126 valence electrons. The number of carbonyl (C=O) groups excluding carboxylic acids is 1. The number of benzene rings is 1. The molecule has 24 heavy (non-hydrogen) atoms. The quantitative estimate of drug-likeness (QED) is 0.866. The first-order valence-electron chi connectivity index (χ1n) is 8.43. The standard InChI is InChI=1S/C18H21N3O3/c22-18(11-14-3-4-16-17(10-14)24-9-8-23-16)20-6-1-2-15(12-20)21-7-5-19-13-21/h3-5,7,10,13,15H,1-2,6,8-9,11-12H2/t15-/m1/s1. The van der Waals surface area contributed by atoms with Gasteiger partial charge in [0.25, 0.3) is 0 Å². The van der Waals surface area contributed by atoms with Crippen LogP contribution in [0, 0.1) is 0 Å². The van der Waals surface area contributed by atoms with E-state index < -0.39 is 0 Å². The van der Waals surface area contributed by atoms with E-state index in [1.807, 2.05) is 35.6 Å². The lowest BCUT2D eigenvalue weighted by Gasteiger charge is -2.33. The molecule has 1 aromatic heterocycles. The van der Waals surface area contributed by atoms with Gasteiger partial charge in [0.05, 0.1) is 18.8 Å². The fraction of sp³-hybridized carbons (Fsp3) is 0.444. The van der Waals surface area contributed by atoms with E-state index in [2.05, 4.69) is 9.55 Å². The Morgan fingerprint density at radius 1 is 1.25 bits per heavy atom. The largest absolute Gasteiger partial charge is 0.486 e. The van der Waals surface area contributed by atoms with Gasteiger partial charge in [0.1, 0.15) is 13.2 Å². The number of piperidine rings is 1. The zero-order valence-corrected chi connectivity index (χ0v) is 13.6. The van der Waals surface area contributed by atoms with Gasteiger partial charge in [0.15, 0.2) is 11.5 Å². The van der Waals surface area contributed by atoms with E-state index in [4.69, 9.17) is 9.47 Å². The molecular formula is C18H21N3O3. The average Bonchev–Trinajstić information content (AvgIpc) is 3.16. The highest BCUT2D eigenvalue weighted by Crippen LogP contribution is 2.31. The van der Waals surface area contributed by atoms with Crippen LogP contribution in [-0.4, -0.2) is 46.7 Å². The molecule has 2 aromatic rings. The third-order valence-electron chi connectivity index (χ3n) is 4.66. The summed E-state index contributed by atoms with van der Waals surface area (Å²) < 4.78 is 13.2. The molecule has 1 amide bonds. The van der Waals surface area contributed by atoms with Crippen molar-refractivity contribution in [3.8, 4) is 11.5 Å². The van der Waals surface area contributed by atoms with Gasteiger partial charge in [-0.3, -0.25) is 4.79 Å². The van der Waals surface area contributed by atoms with Crippen LogP contribution >= 0.6 is 0 Å². The van der Waals surface area contributed by atoms with Gasteiger partial charge in [0, 0.05) is 25.5 Å². The Balaban J connectivity index is 1.42. The van der Waals surface area contributed by atoms with Crippen molar-refractivity contribution < 1.29 is 14.3 Å². The monoisotopic (exact) mass is 327 g/mol. The van der Waals surface area contributed by atoms with E-state index in [-0.39, 0.29) is 5.91 Å². The summed E-state index contributed by atoms with van der Waals surface area (Å²) in [6.45, 7) is 2.71. The van der Waals surface area contributed by atoms with Gasteiger partial charge in [-0.25, -0.2) is 4.98 Å². The minimum absolute atomic E-state index is 0.163. The van der Waals surface area contributed by atoms with Crippen molar-refractivity contribution >= 4 is 5.91 Å². The molecule has 0 bridgehead atoms. The summed E-state index contributed by atoms with van der Waals surface area (Å²) >= 11 is 0. The summed E-state index contributed by atoms with van der Waals surface area (Å²) in [5.41, 5.74) is 0.967. The molecule has 0 aliphatic carbocycles. The number of hydrogen-bond donors (Lipinski definition) is 0. The van der Waals surface area contributed by atoms with Crippen molar-refractivity contribution in [3.05, 3.63) is 42.5 Å². The van der Waals surface area contributed by atoms with Crippen LogP contribution in [0.25, 0.3) is 0 Å². The summed E-state index contributed by atoms with van der Waals surface area (Å²) in [6.07, 6.45) is 8.10. The SMILES string of the molecule is O=C(Cc1ccc2c(c1)OCCO2)N1CCC[C@@H](n2ccnc2)C1. The van der Waals surface area contributed by atoms with Gasteiger partial charge in [0.2, 0.25) is 5.91 Å². The number of likely N-dealkylation sites (tertiary alicyclic amines) is 1. The van der Waals surface area contributed by atoms with Crippen LogP contribution in [0.3, 0.4) is 0 Å². The van der Waals surface area contributed by atoms with Crippen LogP contribution in [0.15, 0.2) is 36.9 Å². The lowest BCUT2D eigenvalue weighted by Crippen LogP contribution is -2.41.